The van der Waals surface area contributed by atoms with Crippen LogP contribution in [0.4, 0.5) is 9.18 Å². The summed E-state index contributed by atoms with van der Waals surface area (Å²) in [5.41, 5.74) is 1.39. The van der Waals surface area contributed by atoms with Gasteiger partial charge in [0.25, 0.3) is 5.91 Å². The molecule has 0 aromatic heterocycles. The van der Waals surface area contributed by atoms with Crippen LogP contribution >= 0.6 is 0 Å². The molecule has 0 saturated carbocycles. The molecule has 3 heterocycles. The summed E-state index contributed by atoms with van der Waals surface area (Å²) in [6.07, 6.45) is 1.72. The fourth-order valence-corrected chi connectivity index (χ4v) is 7.86. The lowest BCUT2D eigenvalue weighted by atomic mass is 9.76. The van der Waals surface area contributed by atoms with Crippen LogP contribution in [0, 0.1) is 5.82 Å². The molecule has 0 aliphatic carbocycles. The lowest BCUT2D eigenvalue weighted by Gasteiger charge is -2.45. The Labute approximate surface area is 303 Å². The van der Waals surface area contributed by atoms with Crippen LogP contribution in [0.1, 0.15) is 47.2 Å². The van der Waals surface area contributed by atoms with E-state index in [1.807, 2.05) is 47.4 Å². The normalized spacial score (nSPS) is 21.7. The maximum atomic E-state index is 14.1. The number of benzene rings is 3. The van der Waals surface area contributed by atoms with Crippen LogP contribution < -0.4 is 19.5 Å². The van der Waals surface area contributed by atoms with Gasteiger partial charge in [-0.05, 0) is 67.6 Å². The van der Waals surface area contributed by atoms with E-state index in [0.717, 1.165) is 24.1 Å². The third-order valence-corrected chi connectivity index (χ3v) is 10.9. The molecule has 3 aliphatic rings. The van der Waals surface area contributed by atoms with Crippen LogP contribution in [0.25, 0.3) is 0 Å². The number of hydrogen-bond donors (Lipinski definition) is 2. The molecule has 3 saturated heterocycles. The lowest BCUT2D eigenvalue weighted by molar-refractivity contribution is -0.154. The molecule has 3 fully saturated rings. The van der Waals surface area contributed by atoms with Gasteiger partial charge in [-0.1, -0.05) is 42.5 Å². The van der Waals surface area contributed by atoms with Gasteiger partial charge in [-0.3, -0.25) is 4.79 Å². The summed E-state index contributed by atoms with van der Waals surface area (Å²) < 4.78 is 35.9. The minimum atomic E-state index is -1.09. The predicted octanol–water partition coefficient (Wildman–Crippen LogP) is 4.51. The highest BCUT2D eigenvalue weighted by molar-refractivity contribution is 5.96. The molecule has 3 aliphatic heterocycles. The number of aliphatic carboxylic acids is 1. The standard InChI is InChI=1S/C39H47FN4O8/c1-49-31-23-27(24-32(50-2)34(31)51-3)35(45)44-20-14-38(26-44,28-9-11-30(40)12-10-28)13-17-42-18-15-39(16-19-42,29-7-5-4-6-8-29)41-37(48)43-21-22-52-33(25-43)36(46)47/h4-12,23-24,33H,13-22,25-26H2,1-3H3,(H,41,48)(H,46,47). The number of urea groups is 1. The Balaban J connectivity index is 1.17. The number of nitrogens with zero attached hydrogens (tertiary/aromatic N) is 3. The smallest absolute Gasteiger partial charge is 0.334 e. The van der Waals surface area contributed by atoms with Gasteiger partial charge in [-0.25, -0.2) is 14.0 Å². The first kappa shape index (κ1) is 36.9. The second-order valence-electron chi connectivity index (χ2n) is 13.8. The molecule has 3 aromatic carbocycles. The van der Waals surface area contributed by atoms with Crippen molar-refractivity contribution in [3.63, 3.8) is 0 Å². The number of likely N-dealkylation sites (tertiary alicyclic amines) is 2. The molecule has 278 valence electrons. The average molecular weight is 719 g/mol. The van der Waals surface area contributed by atoms with Crippen molar-refractivity contribution < 1.29 is 42.8 Å². The fraction of sp³-hybridized carbons (Fsp3) is 0.462. The molecular formula is C39H47FN4O8. The van der Waals surface area contributed by atoms with E-state index in [-0.39, 0.29) is 30.9 Å². The van der Waals surface area contributed by atoms with E-state index in [0.29, 0.717) is 74.8 Å². The number of halogens is 1. The Morgan fingerprint density at radius 3 is 2.15 bits per heavy atom. The summed E-state index contributed by atoms with van der Waals surface area (Å²) in [5.74, 6) is -0.340. The van der Waals surface area contributed by atoms with Gasteiger partial charge in [0.1, 0.15) is 5.82 Å². The third-order valence-electron chi connectivity index (χ3n) is 10.9. The number of nitrogens with one attached hydrogen (secondary N) is 1. The van der Waals surface area contributed by atoms with Crippen molar-refractivity contribution in [2.24, 2.45) is 0 Å². The number of methoxy groups -OCH3 is 3. The number of rotatable bonds is 11. The number of carboxylic acids is 1. The number of carbonyl (C=O) groups excluding carboxylic acids is 2. The summed E-state index contributed by atoms with van der Waals surface area (Å²) >= 11 is 0. The van der Waals surface area contributed by atoms with Crippen molar-refractivity contribution in [2.45, 2.75) is 42.7 Å². The van der Waals surface area contributed by atoms with Crippen LogP contribution in [0.15, 0.2) is 66.7 Å². The molecule has 3 aromatic rings. The number of ether oxygens (including phenoxy) is 4. The number of morpholine rings is 1. The highest BCUT2D eigenvalue weighted by Gasteiger charge is 2.44. The van der Waals surface area contributed by atoms with E-state index in [1.54, 1.807) is 12.1 Å². The maximum Gasteiger partial charge on any atom is 0.334 e. The summed E-state index contributed by atoms with van der Waals surface area (Å²) in [5, 5.41) is 12.8. The topological polar surface area (TPSA) is 130 Å². The summed E-state index contributed by atoms with van der Waals surface area (Å²) in [6, 6.07) is 19.6. The second-order valence-corrected chi connectivity index (χ2v) is 13.8. The van der Waals surface area contributed by atoms with E-state index in [2.05, 4.69) is 10.2 Å². The van der Waals surface area contributed by atoms with Crippen molar-refractivity contribution in [3.8, 4) is 17.2 Å². The monoisotopic (exact) mass is 718 g/mol. The first-order chi connectivity index (χ1) is 25.1. The molecule has 6 rings (SSSR count). The molecule has 0 spiro atoms. The molecule has 2 atom stereocenters. The number of amides is 3. The van der Waals surface area contributed by atoms with E-state index >= 15 is 0 Å². The average Bonchev–Trinajstić information content (AvgIpc) is 3.62. The SMILES string of the molecule is COc1cc(C(=O)N2CCC(CCN3CCC(NC(=O)N4CCOC(C(=O)O)C4)(c4ccccc4)CC3)(c3ccc(F)cc3)C2)cc(OC)c1OC. The van der Waals surface area contributed by atoms with E-state index < -0.39 is 23.0 Å². The Kier molecular flexibility index (Phi) is 11.2. The Bertz CT molecular complexity index is 1710. The summed E-state index contributed by atoms with van der Waals surface area (Å²) in [7, 11) is 4.54. The molecule has 0 radical (unpaired) electrons. The molecule has 0 bridgehead atoms. The van der Waals surface area contributed by atoms with Crippen LogP contribution in [0.3, 0.4) is 0 Å². The second kappa shape index (κ2) is 15.8. The Hall–Kier alpha value is -4.88. The van der Waals surface area contributed by atoms with Gasteiger partial charge >= 0.3 is 12.0 Å². The van der Waals surface area contributed by atoms with E-state index in [1.165, 1.54) is 38.4 Å². The summed E-state index contributed by atoms with van der Waals surface area (Å²) in [6.45, 7) is 3.63. The van der Waals surface area contributed by atoms with E-state index in [4.69, 9.17) is 18.9 Å². The van der Waals surface area contributed by atoms with Gasteiger partial charge < -0.3 is 44.1 Å². The first-order valence-electron chi connectivity index (χ1n) is 17.6. The number of carboxylic acid groups (broad SMARTS) is 1. The number of hydrogen-bond acceptors (Lipinski definition) is 8. The highest BCUT2D eigenvalue weighted by atomic mass is 19.1. The van der Waals surface area contributed by atoms with Crippen LogP contribution in [-0.4, -0.2) is 118 Å². The Morgan fingerprint density at radius 2 is 1.54 bits per heavy atom. The third kappa shape index (κ3) is 7.65. The number of piperidine rings is 1. The molecular weight excluding hydrogens is 671 g/mol. The van der Waals surface area contributed by atoms with Crippen molar-refractivity contribution in [1.82, 2.24) is 20.0 Å². The van der Waals surface area contributed by atoms with Gasteiger partial charge in [-0.15, -0.1) is 0 Å². The minimum absolute atomic E-state index is 0.0112. The van der Waals surface area contributed by atoms with Gasteiger partial charge in [-0.2, -0.15) is 0 Å². The summed E-state index contributed by atoms with van der Waals surface area (Å²) in [4.78, 5) is 44.9. The molecule has 13 heteroatoms. The Morgan fingerprint density at radius 1 is 0.865 bits per heavy atom. The van der Waals surface area contributed by atoms with Crippen LogP contribution in [0.5, 0.6) is 17.2 Å². The van der Waals surface area contributed by atoms with Crippen LogP contribution in [-0.2, 0) is 20.5 Å². The van der Waals surface area contributed by atoms with Gasteiger partial charge in [0.2, 0.25) is 5.75 Å². The molecule has 52 heavy (non-hydrogen) atoms. The van der Waals surface area contributed by atoms with Gasteiger partial charge in [0.05, 0.1) is 40.0 Å². The zero-order valence-corrected chi connectivity index (χ0v) is 29.9. The van der Waals surface area contributed by atoms with E-state index in [9.17, 15) is 23.9 Å². The molecule has 2 unspecified atom stereocenters. The molecule has 12 nitrogen and oxygen atoms in total. The quantitative estimate of drug-likeness (QED) is 0.294. The zero-order chi connectivity index (χ0) is 36.9. The lowest BCUT2D eigenvalue weighted by Crippen LogP contribution is -2.59. The predicted molar refractivity (Wildman–Crippen MR) is 191 cm³/mol. The van der Waals surface area contributed by atoms with Crippen molar-refractivity contribution in [3.05, 3.63) is 89.2 Å². The molecule has 2 N–H and O–H groups in total. The maximum absolute atomic E-state index is 14.1. The minimum Gasteiger partial charge on any atom is -0.493 e. The number of carbonyl (C=O) groups is 3. The largest absolute Gasteiger partial charge is 0.493 e. The zero-order valence-electron chi connectivity index (χ0n) is 29.9. The fourth-order valence-electron chi connectivity index (χ4n) is 7.86. The van der Waals surface area contributed by atoms with Crippen LogP contribution in [0.2, 0.25) is 0 Å². The first-order valence-corrected chi connectivity index (χ1v) is 17.6. The van der Waals surface area contributed by atoms with Crippen molar-refractivity contribution in [2.75, 3.05) is 73.7 Å². The highest BCUT2D eigenvalue weighted by Crippen LogP contribution is 2.42. The van der Waals surface area contributed by atoms with Gasteiger partial charge in [0.15, 0.2) is 17.6 Å². The van der Waals surface area contributed by atoms with Crippen molar-refractivity contribution in [1.29, 1.82) is 0 Å². The molecule has 3 amide bonds. The van der Waals surface area contributed by atoms with Crippen molar-refractivity contribution >= 4 is 17.9 Å². The van der Waals surface area contributed by atoms with Gasteiger partial charge in [0, 0.05) is 43.7 Å².